The van der Waals surface area contributed by atoms with Gasteiger partial charge in [0.05, 0.1) is 16.9 Å². The van der Waals surface area contributed by atoms with Gasteiger partial charge in [0.25, 0.3) is 0 Å². The number of aryl methyl sites for hydroxylation is 1. The van der Waals surface area contributed by atoms with Crippen LogP contribution in [-0.4, -0.2) is 25.6 Å². The lowest BCUT2D eigenvalue weighted by molar-refractivity contribution is 0.186. The van der Waals surface area contributed by atoms with Crippen LogP contribution in [0.1, 0.15) is 37.9 Å². The van der Waals surface area contributed by atoms with E-state index in [1.54, 1.807) is 6.08 Å². The van der Waals surface area contributed by atoms with Crippen LogP contribution in [0.3, 0.4) is 0 Å². The van der Waals surface area contributed by atoms with Gasteiger partial charge in [0.2, 0.25) is 0 Å². The maximum Gasteiger partial charge on any atom is 0.193 e. The van der Waals surface area contributed by atoms with E-state index in [0.29, 0.717) is 12.1 Å². The van der Waals surface area contributed by atoms with E-state index in [9.17, 15) is 0 Å². The van der Waals surface area contributed by atoms with Gasteiger partial charge in [-0.05, 0) is 67.5 Å². The Morgan fingerprint density at radius 2 is 1.36 bits per heavy atom. The molecule has 6 heteroatoms. The Bertz CT molecular complexity index is 1270. The molecule has 1 heterocycles. The van der Waals surface area contributed by atoms with Gasteiger partial charge in [0.15, 0.2) is 8.32 Å². The second kappa shape index (κ2) is 12.4. The largest absolute Gasteiger partial charge is 0.407 e. The lowest BCUT2D eigenvalue weighted by atomic mass is 10.2. The molecule has 1 aromatic heterocycles. The summed E-state index contributed by atoms with van der Waals surface area (Å²) in [6.45, 7) is 13.0. The molecular formula is C33H40FNOPSSi+. The van der Waals surface area contributed by atoms with Gasteiger partial charge >= 0.3 is 0 Å². The fourth-order valence-corrected chi connectivity index (χ4v) is 10.9. The average molecular weight is 577 g/mol. The Hall–Kier alpha value is -2.43. The second-order valence-corrected chi connectivity index (χ2v) is 21.0. The molecule has 0 aliphatic rings. The average Bonchev–Trinajstić information content (AvgIpc) is 3.33. The summed E-state index contributed by atoms with van der Waals surface area (Å²) in [4.78, 5) is 4.49. The minimum Gasteiger partial charge on any atom is -0.407 e. The van der Waals surface area contributed by atoms with Crippen molar-refractivity contribution in [2.45, 2.75) is 58.4 Å². The number of nitrogens with zero attached hydrogens (tertiary/aromatic N) is 1. The molecule has 0 amide bonds. The molecule has 0 radical (unpaired) electrons. The van der Waals surface area contributed by atoms with Crippen molar-refractivity contribution >= 4 is 48.9 Å². The van der Waals surface area contributed by atoms with Crippen LogP contribution < -0.4 is 15.9 Å². The molecule has 3 aromatic carbocycles. The molecule has 0 bridgehead atoms. The fraction of sp³-hybridized carbons (Fsp3) is 0.303. The molecule has 4 aromatic rings. The zero-order valence-electron chi connectivity index (χ0n) is 23.9. The van der Waals surface area contributed by atoms with Crippen LogP contribution in [0.15, 0.2) is 102 Å². The summed E-state index contributed by atoms with van der Waals surface area (Å²) in [5.74, 6) is -0.239. The zero-order chi connectivity index (χ0) is 28.1. The second-order valence-electron chi connectivity index (χ2n) is 11.5. The molecule has 0 fully saturated rings. The van der Waals surface area contributed by atoms with Crippen molar-refractivity contribution in [3.05, 3.63) is 113 Å². The molecule has 2 nitrogen and oxygen atoms in total. The topological polar surface area (TPSA) is 22.1 Å². The number of aromatic nitrogens is 1. The summed E-state index contributed by atoms with van der Waals surface area (Å²) in [6.07, 6.45) is 2.31. The summed E-state index contributed by atoms with van der Waals surface area (Å²) in [7, 11) is -4.37. The molecule has 0 aliphatic carbocycles. The van der Waals surface area contributed by atoms with Crippen LogP contribution in [0.5, 0.6) is 0 Å². The normalized spacial score (nSPS) is 13.9. The van der Waals surface area contributed by atoms with Crippen molar-refractivity contribution in [3.63, 3.8) is 0 Å². The highest BCUT2D eigenvalue weighted by Gasteiger charge is 2.47. The van der Waals surface area contributed by atoms with Gasteiger partial charge in [0.1, 0.15) is 35.1 Å². The Kier molecular flexibility index (Phi) is 9.39. The SMILES string of the molecule is Cc1nc(/C=C(/F)[C@H](CC[P+](c2ccccc2)(c2ccccc2)c2ccccc2)O[Si](C)(C)C(C)(C)C)cs1. The fourth-order valence-electron chi connectivity index (χ4n) is 4.66. The summed E-state index contributed by atoms with van der Waals surface area (Å²) in [6, 6.07) is 32.3. The number of halogens is 1. The third kappa shape index (κ3) is 6.84. The minimum absolute atomic E-state index is 0.0345. The Balaban J connectivity index is 1.82. The molecule has 4 rings (SSSR count). The third-order valence-corrected chi connectivity index (χ3v) is 17.5. The van der Waals surface area contributed by atoms with Gasteiger partial charge in [-0.1, -0.05) is 75.4 Å². The minimum atomic E-state index is -2.26. The van der Waals surface area contributed by atoms with E-state index in [4.69, 9.17) is 4.43 Å². The Morgan fingerprint density at radius 1 is 0.897 bits per heavy atom. The van der Waals surface area contributed by atoms with E-state index in [2.05, 4.69) is 130 Å². The van der Waals surface area contributed by atoms with Gasteiger partial charge in [-0.3, -0.25) is 0 Å². The van der Waals surface area contributed by atoms with Crippen LogP contribution in [0, 0.1) is 6.92 Å². The highest BCUT2D eigenvalue weighted by atomic mass is 32.1. The standard InChI is InChI=1S/C33H40FNOPSSi/c1-26-35-27(25-38-26)24-31(34)32(36-39(5,6)33(2,3)4)22-23-37(28-16-10-7-11-17-28,29-18-12-8-13-19-29)30-20-14-9-15-21-30/h7-21,24-25,32H,22-23H2,1-6H3/q+1/b31-24+/t32-/m0/s1. The van der Waals surface area contributed by atoms with Crippen molar-refractivity contribution < 1.29 is 8.82 Å². The van der Waals surface area contributed by atoms with Crippen LogP contribution >= 0.6 is 18.6 Å². The van der Waals surface area contributed by atoms with Gasteiger partial charge < -0.3 is 4.43 Å². The van der Waals surface area contributed by atoms with Gasteiger partial charge in [-0.15, -0.1) is 11.3 Å². The zero-order valence-corrected chi connectivity index (χ0v) is 26.6. The maximum atomic E-state index is 16.2. The number of thiazole rings is 1. The molecule has 204 valence electrons. The highest BCUT2D eigenvalue weighted by molar-refractivity contribution is 7.95. The number of benzene rings is 3. The number of hydrogen-bond acceptors (Lipinski definition) is 3. The first-order chi connectivity index (χ1) is 18.5. The van der Waals surface area contributed by atoms with Crippen LogP contribution in [0.2, 0.25) is 18.1 Å². The predicted octanol–water partition coefficient (Wildman–Crippen LogP) is 8.54. The van der Waals surface area contributed by atoms with E-state index in [1.807, 2.05) is 12.3 Å². The first kappa shape index (κ1) is 29.5. The monoisotopic (exact) mass is 576 g/mol. The summed E-state index contributed by atoms with van der Waals surface area (Å²) < 4.78 is 23.0. The van der Waals surface area contributed by atoms with Gasteiger partial charge in [0, 0.05) is 11.8 Å². The van der Waals surface area contributed by atoms with Gasteiger partial charge in [-0.2, -0.15) is 0 Å². The lowest BCUT2D eigenvalue weighted by Gasteiger charge is -2.39. The van der Waals surface area contributed by atoms with E-state index >= 15 is 4.39 Å². The lowest BCUT2D eigenvalue weighted by Crippen LogP contribution is -2.45. The van der Waals surface area contributed by atoms with Crippen LogP contribution in [-0.2, 0) is 4.43 Å². The smallest absolute Gasteiger partial charge is 0.193 e. The molecule has 0 spiro atoms. The number of rotatable bonds is 10. The molecule has 0 saturated heterocycles. The molecule has 0 saturated carbocycles. The Morgan fingerprint density at radius 3 is 1.74 bits per heavy atom. The van der Waals surface area contributed by atoms with Crippen molar-refractivity contribution in [1.82, 2.24) is 4.98 Å². The Labute approximate surface area is 239 Å². The number of hydrogen-bond donors (Lipinski definition) is 0. The van der Waals surface area contributed by atoms with Crippen LogP contribution in [0.4, 0.5) is 4.39 Å². The van der Waals surface area contributed by atoms with E-state index in [0.717, 1.165) is 11.2 Å². The van der Waals surface area contributed by atoms with E-state index < -0.39 is 21.7 Å². The molecule has 0 N–H and O–H groups in total. The quantitative estimate of drug-likeness (QED) is 0.139. The summed E-state index contributed by atoms with van der Waals surface area (Å²) >= 11 is 1.54. The maximum absolute atomic E-state index is 16.2. The first-order valence-electron chi connectivity index (χ1n) is 13.5. The molecular weight excluding hydrogens is 536 g/mol. The first-order valence-corrected chi connectivity index (χ1v) is 19.3. The molecule has 1 atom stereocenters. The molecule has 39 heavy (non-hydrogen) atoms. The van der Waals surface area contributed by atoms with Crippen molar-refractivity contribution in [2.75, 3.05) is 6.16 Å². The third-order valence-electron chi connectivity index (χ3n) is 7.79. The van der Waals surface area contributed by atoms with E-state index in [-0.39, 0.29) is 10.9 Å². The van der Waals surface area contributed by atoms with Crippen molar-refractivity contribution in [3.8, 4) is 0 Å². The van der Waals surface area contributed by atoms with Crippen molar-refractivity contribution in [1.29, 1.82) is 0 Å². The van der Waals surface area contributed by atoms with Crippen LogP contribution in [0.25, 0.3) is 6.08 Å². The highest BCUT2D eigenvalue weighted by Crippen LogP contribution is 2.56. The summed E-state index contributed by atoms with van der Waals surface area (Å²) in [5, 5.41) is 6.70. The van der Waals surface area contributed by atoms with E-state index in [1.165, 1.54) is 27.3 Å². The van der Waals surface area contributed by atoms with Crippen molar-refractivity contribution in [2.24, 2.45) is 0 Å². The molecule has 0 aliphatic heterocycles. The van der Waals surface area contributed by atoms with Gasteiger partial charge in [-0.25, -0.2) is 9.37 Å². The molecule has 0 unspecified atom stereocenters. The predicted molar refractivity (Wildman–Crippen MR) is 173 cm³/mol. The summed E-state index contributed by atoms with van der Waals surface area (Å²) in [5.41, 5.74) is 0.661.